The first kappa shape index (κ1) is 16.7. The maximum Gasteiger partial charge on any atom is 0.175 e. The number of benzene rings is 1. The van der Waals surface area contributed by atoms with E-state index >= 15 is 0 Å². The zero-order valence-electron chi connectivity index (χ0n) is 13.9. The molecule has 23 heavy (non-hydrogen) atoms. The summed E-state index contributed by atoms with van der Waals surface area (Å²) < 4.78 is 36.8. The van der Waals surface area contributed by atoms with Crippen molar-refractivity contribution < 1.29 is 12.8 Å². The average molecular weight is 336 g/mol. The molecule has 0 bridgehead atoms. The van der Waals surface area contributed by atoms with E-state index < -0.39 is 16.0 Å². The van der Waals surface area contributed by atoms with E-state index in [1.807, 2.05) is 12.1 Å². The third-order valence-corrected chi connectivity index (χ3v) is 6.57. The molecule has 1 aromatic carbocycles. The Bertz CT molecular complexity index is 703. The van der Waals surface area contributed by atoms with Crippen LogP contribution in [0.3, 0.4) is 0 Å². The summed E-state index contributed by atoms with van der Waals surface area (Å²) in [5.41, 5.74) is 4.01. The molecule has 1 saturated carbocycles. The third kappa shape index (κ3) is 3.52. The topological polar surface area (TPSA) is 34.1 Å². The Balaban J connectivity index is 1.90. The summed E-state index contributed by atoms with van der Waals surface area (Å²) in [5, 5.41) is 0. The lowest BCUT2D eigenvalue weighted by Crippen LogP contribution is -2.25. The molecule has 0 saturated heterocycles. The Morgan fingerprint density at radius 1 is 1.09 bits per heavy atom. The Hall–Kier alpha value is -1.16. The van der Waals surface area contributed by atoms with E-state index in [1.54, 1.807) is 12.1 Å². The maximum atomic E-state index is 13.6. The van der Waals surface area contributed by atoms with Crippen LogP contribution in [0.25, 0.3) is 5.57 Å². The molecule has 4 heteroatoms. The summed E-state index contributed by atoms with van der Waals surface area (Å²) in [4.78, 5) is 0.368. The summed E-state index contributed by atoms with van der Waals surface area (Å²) in [7, 11) is -3.15. The molecular weight excluding hydrogens is 311 g/mol. The van der Waals surface area contributed by atoms with Gasteiger partial charge in [0.2, 0.25) is 0 Å². The monoisotopic (exact) mass is 336 g/mol. The molecular formula is C19H25FO2S. The molecule has 3 rings (SSSR count). The van der Waals surface area contributed by atoms with E-state index in [9.17, 15) is 12.8 Å². The van der Waals surface area contributed by atoms with Crippen LogP contribution in [0.15, 0.2) is 34.7 Å². The third-order valence-electron chi connectivity index (χ3n) is 5.44. The van der Waals surface area contributed by atoms with Gasteiger partial charge >= 0.3 is 0 Å². The van der Waals surface area contributed by atoms with Gasteiger partial charge in [-0.15, -0.1) is 0 Å². The van der Waals surface area contributed by atoms with Crippen LogP contribution in [0.2, 0.25) is 0 Å². The summed E-state index contributed by atoms with van der Waals surface area (Å²) in [6, 6.07) is 7.27. The molecule has 0 heterocycles. The minimum Gasteiger partial charge on any atom is -0.247 e. The molecule has 0 spiro atoms. The van der Waals surface area contributed by atoms with E-state index in [0.29, 0.717) is 29.6 Å². The molecule has 2 aliphatic carbocycles. The zero-order valence-corrected chi connectivity index (χ0v) is 14.7. The second kappa shape index (κ2) is 6.39. The molecule has 0 amide bonds. The van der Waals surface area contributed by atoms with Gasteiger partial charge in [0.15, 0.2) is 9.84 Å². The standard InChI is InChI=1S/C19H25FO2S/c1-13-12-15(20)8-11-17(13)19-5-3-4-18(19)14-6-9-16(10-7-14)23(2,21)22/h6-7,9-10,13,15,17H,3-5,8,11-12H2,1-2H3. The maximum absolute atomic E-state index is 13.6. The molecule has 0 aliphatic heterocycles. The fourth-order valence-corrected chi connectivity index (χ4v) is 4.89. The van der Waals surface area contributed by atoms with Gasteiger partial charge in [-0.2, -0.15) is 0 Å². The second-order valence-electron chi connectivity index (χ2n) is 7.15. The van der Waals surface area contributed by atoms with Gasteiger partial charge in [-0.3, -0.25) is 0 Å². The Kier molecular flexibility index (Phi) is 4.63. The molecule has 2 nitrogen and oxygen atoms in total. The quantitative estimate of drug-likeness (QED) is 0.794. The van der Waals surface area contributed by atoms with Crippen molar-refractivity contribution in [3.05, 3.63) is 35.4 Å². The highest BCUT2D eigenvalue weighted by Gasteiger charge is 2.32. The van der Waals surface area contributed by atoms with Gasteiger partial charge in [0.1, 0.15) is 6.17 Å². The van der Waals surface area contributed by atoms with E-state index in [-0.39, 0.29) is 0 Å². The van der Waals surface area contributed by atoms with E-state index in [2.05, 4.69) is 6.92 Å². The fourth-order valence-electron chi connectivity index (χ4n) is 4.26. The number of hydrogen-bond acceptors (Lipinski definition) is 2. The number of alkyl halides is 1. The lowest BCUT2D eigenvalue weighted by Gasteiger charge is -2.33. The smallest absolute Gasteiger partial charge is 0.175 e. The Morgan fingerprint density at radius 3 is 2.39 bits per heavy atom. The molecule has 126 valence electrons. The number of rotatable bonds is 3. The van der Waals surface area contributed by atoms with Crippen molar-refractivity contribution in [2.75, 3.05) is 6.26 Å². The van der Waals surface area contributed by atoms with Crippen LogP contribution < -0.4 is 0 Å². The van der Waals surface area contributed by atoms with Crippen molar-refractivity contribution in [2.45, 2.75) is 56.5 Å². The summed E-state index contributed by atoms with van der Waals surface area (Å²) in [6.07, 6.45) is 6.21. The molecule has 2 aliphatic rings. The first-order valence-electron chi connectivity index (χ1n) is 8.52. The molecule has 1 aromatic rings. The van der Waals surface area contributed by atoms with Crippen LogP contribution in [0.4, 0.5) is 4.39 Å². The largest absolute Gasteiger partial charge is 0.247 e. The fraction of sp³-hybridized carbons (Fsp3) is 0.579. The molecule has 0 radical (unpaired) electrons. The van der Waals surface area contributed by atoms with Crippen molar-refractivity contribution in [1.29, 1.82) is 0 Å². The van der Waals surface area contributed by atoms with Crippen molar-refractivity contribution in [2.24, 2.45) is 11.8 Å². The minimum atomic E-state index is -3.15. The van der Waals surface area contributed by atoms with Crippen LogP contribution in [0.1, 0.15) is 51.0 Å². The molecule has 3 atom stereocenters. The molecule has 3 unspecified atom stereocenters. The number of sulfone groups is 1. The van der Waals surface area contributed by atoms with Crippen molar-refractivity contribution in [1.82, 2.24) is 0 Å². The second-order valence-corrected chi connectivity index (χ2v) is 9.16. The van der Waals surface area contributed by atoms with Crippen LogP contribution in [0.5, 0.6) is 0 Å². The van der Waals surface area contributed by atoms with Gasteiger partial charge in [-0.05, 0) is 73.6 Å². The molecule has 0 N–H and O–H groups in total. The van der Waals surface area contributed by atoms with E-state index in [4.69, 9.17) is 0 Å². The van der Waals surface area contributed by atoms with Crippen molar-refractivity contribution in [3.63, 3.8) is 0 Å². The predicted molar refractivity (Wildman–Crippen MR) is 91.7 cm³/mol. The summed E-state index contributed by atoms with van der Waals surface area (Å²) in [5.74, 6) is 0.895. The van der Waals surface area contributed by atoms with Gasteiger partial charge < -0.3 is 0 Å². The number of halogens is 1. The predicted octanol–water partition coefficient (Wildman–Crippen LogP) is 4.80. The number of hydrogen-bond donors (Lipinski definition) is 0. The van der Waals surface area contributed by atoms with Gasteiger partial charge in [0, 0.05) is 6.26 Å². The van der Waals surface area contributed by atoms with Gasteiger partial charge in [-0.1, -0.05) is 24.6 Å². The van der Waals surface area contributed by atoms with Crippen LogP contribution in [-0.2, 0) is 9.84 Å². The highest BCUT2D eigenvalue weighted by atomic mass is 32.2. The summed E-state index contributed by atoms with van der Waals surface area (Å²) in [6.45, 7) is 2.17. The molecule has 0 aromatic heterocycles. The van der Waals surface area contributed by atoms with Crippen LogP contribution in [0, 0.1) is 11.8 Å². The summed E-state index contributed by atoms with van der Waals surface area (Å²) >= 11 is 0. The van der Waals surface area contributed by atoms with Crippen LogP contribution in [-0.4, -0.2) is 20.8 Å². The highest BCUT2D eigenvalue weighted by Crippen LogP contribution is 2.45. The van der Waals surface area contributed by atoms with Gasteiger partial charge in [0.25, 0.3) is 0 Å². The first-order chi connectivity index (χ1) is 10.9. The number of allylic oxidation sites excluding steroid dienone is 2. The highest BCUT2D eigenvalue weighted by molar-refractivity contribution is 7.90. The minimum absolute atomic E-state index is 0.368. The normalized spacial score (nSPS) is 29.1. The lowest BCUT2D eigenvalue weighted by molar-refractivity contribution is 0.168. The Labute approximate surface area is 138 Å². The van der Waals surface area contributed by atoms with Gasteiger partial charge in [-0.25, -0.2) is 12.8 Å². The van der Waals surface area contributed by atoms with E-state index in [0.717, 1.165) is 31.2 Å². The average Bonchev–Trinajstić information content (AvgIpc) is 2.95. The lowest BCUT2D eigenvalue weighted by atomic mass is 9.74. The SMILES string of the molecule is CC1CC(F)CCC1C1=C(c2ccc(S(C)(=O)=O)cc2)CCC1. The zero-order chi connectivity index (χ0) is 16.6. The van der Waals surface area contributed by atoms with Crippen LogP contribution >= 0.6 is 0 Å². The van der Waals surface area contributed by atoms with E-state index in [1.165, 1.54) is 17.4 Å². The Morgan fingerprint density at radius 2 is 1.78 bits per heavy atom. The molecule has 1 fully saturated rings. The van der Waals surface area contributed by atoms with Gasteiger partial charge in [0.05, 0.1) is 4.90 Å². The van der Waals surface area contributed by atoms with Crippen molar-refractivity contribution >= 4 is 15.4 Å². The van der Waals surface area contributed by atoms with Crippen molar-refractivity contribution in [3.8, 4) is 0 Å². The first-order valence-corrected chi connectivity index (χ1v) is 10.4.